The Balaban J connectivity index is 3.77. The van der Waals surface area contributed by atoms with Gasteiger partial charge in [-0.1, -0.05) is 319 Å². The Labute approximate surface area is 502 Å². The lowest BCUT2D eigenvalue weighted by atomic mass is 10.0. The van der Waals surface area contributed by atoms with Crippen LogP contribution >= 0.6 is 7.82 Å². The van der Waals surface area contributed by atoms with Crippen molar-refractivity contribution in [3.8, 4) is 0 Å². The van der Waals surface area contributed by atoms with Gasteiger partial charge in [-0.2, -0.15) is 0 Å². The van der Waals surface area contributed by atoms with Crippen molar-refractivity contribution in [1.29, 1.82) is 0 Å². The van der Waals surface area contributed by atoms with Crippen LogP contribution in [0.4, 0.5) is 0 Å². The van der Waals surface area contributed by atoms with E-state index in [1.165, 1.54) is 257 Å². The third kappa shape index (κ3) is 67.0. The molecule has 3 N–H and O–H groups in total. The molecule has 0 saturated carbocycles. The molecule has 0 spiro atoms. The highest BCUT2D eigenvalue weighted by Gasteiger charge is 2.26. The second kappa shape index (κ2) is 67.1. The largest absolute Gasteiger partial charge is 0.472 e. The number of hydrogen-bond donors (Lipinski definition) is 2. The number of nitrogens with two attached hydrogens (primary N) is 1. The molecule has 0 aromatic rings. The molecule has 0 radical (unpaired) electrons. The first kappa shape index (κ1) is 79.0. The Morgan fingerprint density at radius 2 is 0.642 bits per heavy atom. The Kier molecular flexibility index (Phi) is 65.4. The number of ether oxygens (including phenoxy) is 2. The normalized spacial score (nSPS) is 13.2. The quantitative estimate of drug-likeness (QED) is 0.0264. The van der Waals surface area contributed by atoms with E-state index in [4.69, 9.17) is 24.3 Å². The highest BCUT2D eigenvalue weighted by Crippen LogP contribution is 2.43. The van der Waals surface area contributed by atoms with Gasteiger partial charge in [-0.15, -0.1) is 0 Å². The van der Waals surface area contributed by atoms with Crippen LogP contribution in [-0.2, 0) is 32.7 Å². The van der Waals surface area contributed by atoms with Crippen LogP contribution in [0.3, 0.4) is 0 Å². The van der Waals surface area contributed by atoms with Crippen LogP contribution in [-0.4, -0.2) is 49.3 Å². The maximum absolute atomic E-state index is 12.7. The first-order valence-electron chi connectivity index (χ1n) is 35.1. The van der Waals surface area contributed by atoms with E-state index in [-0.39, 0.29) is 38.6 Å². The minimum absolute atomic E-state index is 0.0514. The fourth-order valence-corrected chi connectivity index (χ4v) is 11.2. The Morgan fingerprint density at radius 1 is 0.370 bits per heavy atom. The third-order valence-electron chi connectivity index (χ3n) is 15.7. The standard InChI is InChI=1S/C71H134NO8P/c1-3-5-7-9-11-13-15-17-19-21-23-25-26-27-28-29-30-31-32-33-34-35-36-37-38-39-40-41-42-44-45-47-49-51-53-55-57-59-61-63-70(73)77-67-69(68-79-81(75,76)78-66-65-72)80-71(74)64-62-60-58-56-54-52-50-48-46-43-24-22-20-18-16-14-12-10-8-6-4-2/h16,18,21-24,46,48,69H,3-15,17,19-20,25-45,47,49-68,72H2,1-2H3,(H,75,76)/b18-16-,23-21-,24-22-,48-46-. The van der Waals surface area contributed by atoms with Crippen molar-refractivity contribution in [2.75, 3.05) is 26.4 Å². The third-order valence-corrected chi connectivity index (χ3v) is 16.7. The van der Waals surface area contributed by atoms with Crippen LogP contribution in [0.15, 0.2) is 48.6 Å². The van der Waals surface area contributed by atoms with E-state index in [9.17, 15) is 19.0 Å². The summed E-state index contributed by atoms with van der Waals surface area (Å²) in [4.78, 5) is 35.3. The minimum atomic E-state index is -4.39. The van der Waals surface area contributed by atoms with E-state index in [1.54, 1.807) is 0 Å². The molecule has 0 saturated heterocycles. The van der Waals surface area contributed by atoms with E-state index < -0.39 is 26.5 Å². The molecule has 0 fully saturated rings. The van der Waals surface area contributed by atoms with Gasteiger partial charge in [-0.05, 0) is 77.0 Å². The molecule has 476 valence electrons. The molecular formula is C71H134NO8P. The fourth-order valence-electron chi connectivity index (χ4n) is 10.5. The molecule has 0 rings (SSSR count). The Morgan fingerprint density at radius 3 is 0.963 bits per heavy atom. The van der Waals surface area contributed by atoms with E-state index in [0.29, 0.717) is 6.42 Å². The summed E-state index contributed by atoms with van der Waals surface area (Å²) in [5, 5.41) is 0. The maximum Gasteiger partial charge on any atom is 0.472 e. The van der Waals surface area contributed by atoms with Gasteiger partial charge in [0, 0.05) is 19.4 Å². The van der Waals surface area contributed by atoms with Gasteiger partial charge in [-0.3, -0.25) is 18.6 Å². The van der Waals surface area contributed by atoms with Gasteiger partial charge in [0.25, 0.3) is 0 Å². The zero-order chi connectivity index (χ0) is 58.7. The molecule has 10 heteroatoms. The number of phosphoric ester groups is 1. The first-order chi connectivity index (χ1) is 39.8. The van der Waals surface area contributed by atoms with Gasteiger partial charge in [0.15, 0.2) is 6.10 Å². The molecule has 0 heterocycles. The van der Waals surface area contributed by atoms with Crippen LogP contribution in [0.5, 0.6) is 0 Å². The zero-order valence-electron chi connectivity index (χ0n) is 53.5. The Hall–Kier alpha value is -2.03. The molecule has 0 aromatic heterocycles. The predicted octanol–water partition coefficient (Wildman–Crippen LogP) is 22.9. The summed E-state index contributed by atoms with van der Waals surface area (Å²) in [6.07, 6.45) is 85.1. The molecule has 0 aromatic carbocycles. The average molecular weight is 1160 g/mol. The molecule has 2 atom stereocenters. The van der Waals surface area contributed by atoms with Crippen LogP contribution in [0.1, 0.15) is 361 Å². The number of allylic oxidation sites excluding steroid dienone is 8. The lowest BCUT2D eigenvalue weighted by molar-refractivity contribution is -0.161. The van der Waals surface area contributed by atoms with Gasteiger partial charge < -0.3 is 20.1 Å². The van der Waals surface area contributed by atoms with Crippen LogP contribution in [0.2, 0.25) is 0 Å². The van der Waals surface area contributed by atoms with Crippen LogP contribution in [0.25, 0.3) is 0 Å². The predicted molar refractivity (Wildman–Crippen MR) is 349 cm³/mol. The Bertz CT molecular complexity index is 1470. The van der Waals surface area contributed by atoms with Crippen LogP contribution in [0, 0.1) is 0 Å². The number of esters is 2. The van der Waals surface area contributed by atoms with E-state index in [1.807, 2.05) is 0 Å². The van der Waals surface area contributed by atoms with E-state index in [2.05, 4.69) is 62.5 Å². The molecule has 0 amide bonds. The summed E-state index contributed by atoms with van der Waals surface area (Å²) in [6, 6.07) is 0. The van der Waals surface area contributed by atoms with Crippen LogP contribution < -0.4 is 5.73 Å². The molecule has 0 aliphatic carbocycles. The summed E-state index contributed by atoms with van der Waals surface area (Å²) in [7, 11) is -4.39. The smallest absolute Gasteiger partial charge is 0.462 e. The maximum atomic E-state index is 12.7. The number of unbranched alkanes of at least 4 members (excludes halogenated alkanes) is 46. The highest BCUT2D eigenvalue weighted by molar-refractivity contribution is 7.47. The van der Waals surface area contributed by atoms with Crippen molar-refractivity contribution < 1.29 is 37.6 Å². The lowest BCUT2D eigenvalue weighted by Gasteiger charge is -2.19. The van der Waals surface area contributed by atoms with Gasteiger partial charge in [-0.25, -0.2) is 4.57 Å². The number of phosphoric acid groups is 1. The van der Waals surface area contributed by atoms with Crippen molar-refractivity contribution in [3.05, 3.63) is 48.6 Å². The second-order valence-electron chi connectivity index (χ2n) is 23.7. The van der Waals surface area contributed by atoms with E-state index >= 15 is 0 Å². The fraction of sp³-hybridized carbons (Fsp3) is 0.859. The zero-order valence-corrected chi connectivity index (χ0v) is 54.4. The number of hydrogen-bond acceptors (Lipinski definition) is 8. The lowest BCUT2D eigenvalue weighted by Crippen LogP contribution is -2.29. The SMILES string of the molecule is CCCCCCC/C=C\C/C=C\C/C=C\CCCCCCCCC(=O)OC(COC(=O)CCCCCCCCCCCCCCCCCCCCCCCCCCCCC/C=C\CCCCCCCCCC)COP(=O)(O)OCCN. The number of carbonyl (C=O) groups is 2. The molecule has 2 unspecified atom stereocenters. The van der Waals surface area contributed by atoms with Gasteiger partial charge in [0.2, 0.25) is 0 Å². The molecule has 81 heavy (non-hydrogen) atoms. The number of rotatable bonds is 67. The van der Waals surface area contributed by atoms with Crippen molar-refractivity contribution in [3.63, 3.8) is 0 Å². The molecular weight excluding hydrogens is 1030 g/mol. The van der Waals surface area contributed by atoms with Crippen molar-refractivity contribution >= 4 is 19.8 Å². The van der Waals surface area contributed by atoms with E-state index in [0.717, 1.165) is 70.6 Å². The average Bonchev–Trinajstić information content (AvgIpc) is 3.46. The second-order valence-corrected chi connectivity index (χ2v) is 25.2. The van der Waals surface area contributed by atoms with Gasteiger partial charge in [0.05, 0.1) is 13.2 Å². The van der Waals surface area contributed by atoms with Gasteiger partial charge in [0.1, 0.15) is 6.61 Å². The van der Waals surface area contributed by atoms with Crippen molar-refractivity contribution in [1.82, 2.24) is 0 Å². The molecule has 0 bridgehead atoms. The number of carbonyl (C=O) groups excluding carboxylic acids is 2. The highest BCUT2D eigenvalue weighted by atomic mass is 31.2. The summed E-state index contributed by atoms with van der Waals surface area (Å²) < 4.78 is 33.1. The molecule has 0 aliphatic heterocycles. The van der Waals surface area contributed by atoms with Gasteiger partial charge >= 0.3 is 19.8 Å². The first-order valence-corrected chi connectivity index (χ1v) is 36.6. The topological polar surface area (TPSA) is 134 Å². The summed E-state index contributed by atoms with van der Waals surface area (Å²) in [6.45, 7) is 3.77. The minimum Gasteiger partial charge on any atom is -0.462 e. The molecule has 9 nitrogen and oxygen atoms in total. The van der Waals surface area contributed by atoms with Crippen molar-refractivity contribution in [2.45, 2.75) is 367 Å². The summed E-state index contributed by atoms with van der Waals surface area (Å²) >= 11 is 0. The molecule has 0 aliphatic rings. The monoisotopic (exact) mass is 1160 g/mol. The summed E-state index contributed by atoms with van der Waals surface area (Å²) in [5.74, 6) is -0.827. The van der Waals surface area contributed by atoms with Crippen molar-refractivity contribution in [2.24, 2.45) is 5.73 Å². The summed E-state index contributed by atoms with van der Waals surface area (Å²) in [5.41, 5.74) is 5.39.